The van der Waals surface area contributed by atoms with Crippen molar-refractivity contribution in [2.45, 2.75) is 194 Å². The van der Waals surface area contributed by atoms with Crippen molar-refractivity contribution in [3.05, 3.63) is 32.6 Å². The summed E-state index contributed by atoms with van der Waals surface area (Å²) >= 11 is 0. The average molecular weight is 1090 g/mol. The van der Waals surface area contributed by atoms with Gasteiger partial charge in [0, 0.05) is 32.4 Å². The Morgan fingerprint density at radius 1 is 0.760 bits per heavy atom. The lowest BCUT2D eigenvalue weighted by Gasteiger charge is -2.51. The van der Waals surface area contributed by atoms with Crippen molar-refractivity contribution in [1.29, 1.82) is 0 Å². The number of aliphatic hydroxyl groups excluding tert-OH is 11. The zero-order valence-corrected chi connectivity index (χ0v) is 41.1. The van der Waals surface area contributed by atoms with E-state index in [-0.39, 0.29) is 19.0 Å². The minimum absolute atomic E-state index is 0.127. The highest BCUT2D eigenvalue weighted by molar-refractivity contribution is 5.92. The number of amides is 2. The first-order valence-electron chi connectivity index (χ1n) is 24.2. The molecular formula is C44H70N4O27. The number of aromatic nitrogens is 2. The molecule has 16 N–H and O–H groups in total. The molecule has 0 radical (unpaired) electrons. The van der Waals surface area contributed by atoms with E-state index in [4.69, 9.17) is 37.9 Å². The van der Waals surface area contributed by atoms with Crippen LogP contribution in [0.5, 0.6) is 0 Å². The quantitative estimate of drug-likeness (QED) is 0.0319. The summed E-state index contributed by atoms with van der Waals surface area (Å²) in [5, 5.41) is 135. The molecule has 21 atom stereocenters. The lowest BCUT2D eigenvalue weighted by molar-refractivity contribution is -0.390. The Balaban J connectivity index is 1.55. The normalized spacial score (nSPS) is 37.0. The van der Waals surface area contributed by atoms with Crippen LogP contribution in [0, 0.1) is 0 Å². The molecule has 4 aliphatic rings. The van der Waals surface area contributed by atoms with Gasteiger partial charge >= 0.3 is 17.6 Å². The van der Waals surface area contributed by atoms with Gasteiger partial charge < -0.3 is 120 Å². The highest BCUT2D eigenvalue weighted by Gasteiger charge is 2.61. The molecule has 1 aromatic rings. The van der Waals surface area contributed by atoms with Crippen molar-refractivity contribution in [3.63, 3.8) is 0 Å². The lowest BCUT2D eigenvalue weighted by atomic mass is 9.88. The minimum Gasteiger partial charge on any atom is -0.477 e. The van der Waals surface area contributed by atoms with E-state index in [1.54, 1.807) is 0 Å². The van der Waals surface area contributed by atoms with Gasteiger partial charge in [-0.2, -0.15) is 0 Å². The Kier molecular flexibility index (Phi) is 22.9. The smallest absolute Gasteiger partial charge is 0.364 e. The maximum atomic E-state index is 14.0. The van der Waals surface area contributed by atoms with Gasteiger partial charge in [0.25, 0.3) is 17.3 Å². The number of rotatable bonds is 25. The van der Waals surface area contributed by atoms with Crippen molar-refractivity contribution in [3.8, 4) is 0 Å². The first kappa shape index (κ1) is 61.7. The first-order valence-corrected chi connectivity index (χ1v) is 24.2. The van der Waals surface area contributed by atoms with Crippen LogP contribution >= 0.6 is 0 Å². The van der Waals surface area contributed by atoms with Crippen molar-refractivity contribution in [2.24, 2.45) is 0 Å². The number of unbranched alkanes of at least 4 members (excludes halogenated alkanes) is 5. The third-order valence-corrected chi connectivity index (χ3v) is 13.1. The maximum Gasteiger partial charge on any atom is 0.364 e. The van der Waals surface area contributed by atoms with Gasteiger partial charge in [-0.15, -0.1) is 0 Å². The van der Waals surface area contributed by atoms with Crippen LogP contribution in [0.4, 0.5) is 0 Å². The molecule has 2 amide bonds. The number of ether oxygens (including phenoxy) is 9. The minimum atomic E-state index is -3.21. The standard InChI is InChI=1S/C44H70N4O27/c1-17-28(57)31(60)32(61)40(69-17)72-34-23(16-51)71-39(68-11-9-7-5-4-6-8-10-25(56)67-3)27(48-38(63)19-12-24(55)47-43(66)46-19)36(34)73-41-33(62)37(30(59)22(15-50)70-41)75-44(42(64)65)13-20(53)26(45-18(2)52)35(74-44)29(58)21(54)14-49/h12,17,20-23,26-37,39-41,49-51,53-54,57-62H,4-11,13-16H2,1-3H3,(H,45,52)(H,48,63)(H,64,65)(H2,46,47,55,66)/t17-,20?,21+,22?,23?,26+,27?,28+,29+,30+,31?,32?,33?,34-,35?,36+,37?,39+,40+,41+,44-/m0/s1. The number of methoxy groups -OCH3 is 1. The number of esters is 1. The number of nitrogens with one attached hydrogen (secondary N) is 4. The van der Waals surface area contributed by atoms with Crippen LogP contribution in [0.25, 0.3) is 0 Å². The molecule has 5 heterocycles. The number of carbonyl (C=O) groups is 4. The average Bonchev–Trinajstić information content (AvgIpc) is 3.37. The third kappa shape index (κ3) is 15.3. The number of carboxylic acid groups (broad SMARTS) is 1. The Bertz CT molecular complexity index is 2110. The molecule has 1 aromatic heterocycles. The van der Waals surface area contributed by atoms with Crippen LogP contribution in [0.2, 0.25) is 0 Å². The molecule has 0 aliphatic carbocycles. The fourth-order valence-corrected chi connectivity index (χ4v) is 9.08. The number of H-pyrrole nitrogens is 2. The maximum absolute atomic E-state index is 14.0. The third-order valence-electron chi connectivity index (χ3n) is 13.1. The molecule has 0 saturated carbocycles. The van der Waals surface area contributed by atoms with E-state index in [1.807, 2.05) is 4.98 Å². The van der Waals surface area contributed by atoms with Gasteiger partial charge in [0.2, 0.25) is 5.91 Å². The second-order valence-corrected chi connectivity index (χ2v) is 18.6. The summed E-state index contributed by atoms with van der Waals surface area (Å²) in [6, 6.07) is -2.76. The van der Waals surface area contributed by atoms with Gasteiger partial charge in [0.05, 0.1) is 45.2 Å². The van der Waals surface area contributed by atoms with E-state index in [0.29, 0.717) is 38.2 Å². The van der Waals surface area contributed by atoms with E-state index in [1.165, 1.54) is 14.0 Å². The number of aliphatic carboxylic acids is 1. The summed E-state index contributed by atoms with van der Waals surface area (Å²) in [5.41, 5.74) is -2.76. The van der Waals surface area contributed by atoms with Crippen LogP contribution in [0.3, 0.4) is 0 Å². The number of aliphatic hydroxyl groups is 11. The molecule has 31 heteroatoms. The van der Waals surface area contributed by atoms with Crippen molar-refractivity contribution in [2.75, 3.05) is 33.5 Å². The summed E-state index contributed by atoms with van der Waals surface area (Å²) in [5.74, 6) is -7.66. The van der Waals surface area contributed by atoms with Gasteiger partial charge in [-0.1, -0.05) is 25.7 Å². The number of aromatic amines is 2. The highest BCUT2D eigenvalue weighted by atomic mass is 16.8. The van der Waals surface area contributed by atoms with Crippen LogP contribution in [0.1, 0.15) is 75.7 Å². The van der Waals surface area contributed by atoms with Crippen LogP contribution in [-0.4, -0.2) is 257 Å². The van der Waals surface area contributed by atoms with E-state index < -0.39 is 189 Å². The van der Waals surface area contributed by atoms with Gasteiger partial charge in [-0.25, -0.2) is 9.59 Å². The van der Waals surface area contributed by atoms with Gasteiger partial charge in [-0.05, 0) is 19.8 Å². The van der Waals surface area contributed by atoms with Crippen molar-refractivity contribution < 1.29 is 123 Å². The van der Waals surface area contributed by atoms with Crippen LogP contribution in [0.15, 0.2) is 15.7 Å². The van der Waals surface area contributed by atoms with E-state index >= 15 is 0 Å². The van der Waals surface area contributed by atoms with Gasteiger partial charge in [0.1, 0.15) is 91.1 Å². The van der Waals surface area contributed by atoms with Gasteiger partial charge in [0.15, 0.2) is 18.9 Å². The Labute approximate surface area is 426 Å². The summed E-state index contributed by atoms with van der Waals surface area (Å²) in [6.45, 7) is -1.06. The summed E-state index contributed by atoms with van der Waals surface area (Å²) < 4.78 is 52.4. The molecule has 4 aliphatic heterocycles. The Morgan fingerprint density at radius 3 is 2.00 bits per heavy atom. The van der Waals surface area contributed by atoms with Crippen LogP contribution in [-0.2, 0) is 57.0 Å². The monoisotopic (exact) mass is 1090 g/mol. The number of hydrogen-bond acceptors (Lipinski definition) is 26. The predicted octanol–water partition coefficient (Wildman–Crippen LogP) is -7.63. The Hall–Kier alpha value is -4.20. The lowest BCUT2D eigenvalue weighted by Crippen LogP contribution is -2.71. The van der Waals surface area contributed by atoms with Crippen molar-refractivity contribution in [1.82, 2.24) is 20.6 Å². The zero-order valence-electron chi connectivity index (χ0n) is 41.1. The molecule has 0 aromatic carbocycles. The molecule has 5 rings (SSSR count). The summed E-state index contributed by atoms with van der Waals surface area (Å²) in [6.07, 6.45) is -32.7. The fraction of sp³-hybridized carbons (Fsp3) is 0.818. The molecule has 4 fully saturated rings. The molecule has 0 spiro atoms. The highest BCUT2D eigenvalue weighted by Crippen LogP contribution is 2.39. The summed E-state index contributed by atoms with van der Waals surface area (Å²) in [4.78, 5) is 79.5. The second kappa shape index (κ2) is 27.9. The van der Waals surface area contributed by atoms with E-state index in [2.05, 4.69) is 20.4 Å². The molecular weight excluding hydrogens is 1020 g/mol. The second-order valence-electron chi connectivity index (χ2n) is 18.6. The molecule has 9 unspecified atom stereocenters. The Morgan fingerprint density at radius 2 is 1.39 bits per heavy atom. The molecule has 428 valence electrons. The van der Waals surface area contributed by atoms with E-state index in [0.717, 1.165) is 13.3 Å². The van der Waals surface area contributed by atoms with Crippen molar-refractivity contribution >= 4 is 23.8 Å². The SMILES string of the molecule is COC(=O)CCCCCCCCO[C@@H]1OC(CO)[C@H](O[C@H]2O[C@@H](C)[C@@H](O)C(O)C2O)[C@H](O[C@H]2OC(CO)[C@@H](O)C(O[C@]3(C(=O)O)CC(O)[C@@H](NC(C)=O)C([C@H](O)[C@H](O)CO)O3)C2O)C1NC(=O)c1cc(=O)[nH]c(=O)[nH]1. The predicted molar refractivity (Wildman–Crippen MR) is 242 cm³/mol. The largest absolute Gasteiger partial charge is 0.477 e. The fourth-order valence-electron chi connectivity index (χ4n) is 9.08. The number of carboxylic acids is 1. The molecule has 75 heavy (non-hydrogen) atoms. The van der Waals surface area contributed by atoms with Gasteiger partial charge in [-0.3, -0.25) is 24.2 Å². The number of hydrogen-bond donors (Lipinski definition) is 16. The molecule has 0 bridgehead atoms. The topological polar surface area (TPSA) is 484 Å². The first-order chi connectivity index (χ1) is 35.5. The van der Waals surface area contributed by atoms with Crippen LogP contribution < -0.4 is 21.9 Å². The molecule has 4 saturated heterocycles. The zero-order chi connectivity index (χ0) is 55.5. The van der Waals surface area contributed by atoms with E-state index in [9.17, 15) is 90.0 Å². The number of carbonyl (C=O) groups excluding carboxylic acids is 3. The summed E-state index contributed by atoms with van der Waals surface area (Å²) in [7, 11) is 1.29. The molecule has 31 nitrogen and oxygen atoms in total.